The Hall–Kier alpha value is -0.970. The molecule has 4 unspecified atom stereocenters. The number of aliphatic imine (C=N–C) groups is 1. The second-order valence-electron chi connectivity index (χ2n) is 7.80. The second-order valence-corrected chi connectivity index (χ2v) is 7.80. The number of morpholine rings is 1. The van der Waals surface area contributed by atoms with Crippen LogP contribution in [0, 0.1) is 5.82 Å². The van der Waals surface area contributed by atoms with Gasteiger partial charge >= 0.3 is 0 Å². The summed E-state index contributed by atoms with van der Waals surface area (Å²) in [6, 6.07) is 7.24. The summed E-state index contributed by atoms with van der Waals surface area (Å²) >= 11 is 0. The van der Waals surface area contributed by atoms with Crippen molar-refractivity contribution in [3.05, 3.63) is 35.6 Å². The Kier molecular flexibility index (Phi) is 8.52. The number of benzene rings is 1. The van der Waals surface area contributed by atoms with Gasteiger partial charge in [-0.3, -0.25) is 9.89 Å². The van der Waals surface area contributed by atoms with Gasteiger partial charge < -0.3 is 20.1 Å². The summed E-state index contributed by atoms with van der Waals surface area (Å²) in [4.78, 5) is 7.22. The number of hydrogen-bond acceptors (Lipinski definition) is 4. The Morgan fingerprint density at radius 2 is 2.14 bits per heavy atom. The smallest absolute Gasteiger partial charge is 0.191 e. The largest absolute Gasteiger partial charge is 0.379 e. The number of rotatable bonds is 6. The molecule has 1 aromatic rings. The molecule has 162 valence electrons. The van der Waals surface area contributed by atoms with E-state index in [1.165, 1.54) is 12.5 Å². The van der Waals surface area contributed by atoms with Crippen molar-refractivity contribution in [2.75, 3.05) is 39.4 Å². The van der Waals surface area contributed by atoms with Gasteiger partial charge in [-0.1, -0.05) is 12.1 Å². The van der Waals surface area contributed by atoms with E-state index in [0.717, 1.165) is 44.0 Å². The molecular weight excluding hydrogens is 486 g/mol. The highest BCUT2D eigenvalue weighted by atomic mass is 127. The predicted octanol–water partition coefficient (Wildman–Crippen LogP) is 2.69. The van der Waals surface area contributed by atoms with Crippen LogP contribution in [0.2, 0.25) is 0 Å². The first-order chi connectivity index (χ1) is 13.7. The fraction of sp³-hybridized carbons (Fsp3) is 0.667. The zero-order chi connectivity index (χ0) is 19.3. The minimum Gasteiger partial charge on any atom is -0.379 e. The Labute approximate surface area is 189 Å². The second kappa shape index (κ2) is 10.9. The van der Waals surface area contributed by atoms with Crippen LogP contribution in [0.25, 0.3) is 0 Å². The molecule has 2 N–H and O–H groups in total. The average Bonchev–Trinajstić information content (AvgIpc) is 3.32. The van der Waals surface area contributed by atoms with Crippen molar-refractivity contribution in [2.24, 2.45) is 4.99 Å². The first-order valence-electron chi connectivity index (χ1n) is 10.5. The summed E-state index contributed by atoms with van der Waals surface area (Å²) in [6.07, 6.45) is 4.05. The predicted molar refractivity (Wildman–Crippen MR) is 122 cm³/mol. The van der Waals surface area contributed by atoms with Crippen molar-refractivity contribution < 1.29 is 13.9 Å². The van der Waals surface area contributed by atoms with E-state index in [1.807, 2.05) is 6.07 Å². The zero-order valence-electron chi connectivity index (χ0n) is 17.0. The standard InChI is InChI=1S/C21H31FN4O2.HI/c1-2-23-21(25-18-13-17-6-7-20(18)28-17)24-14-19(26-8-10-27-11-9-26)15-4-3-5-16(22)12-15;/h3-5,12,17-20H,2,6-11,13-14H2,1H3,(H2,23,24,25);1H. The fourth-order valence-corrected chi connectivity index (χ4v) is 4.50. The van der Waals surface area contributed by atoms with E-state index in [1.54, 1.807) is 12.1 Å². The van der Waals surface area contributed by atoms with Crippen molar-refractivity contribution >= 4 is 29.9 Å². The third-order valence-electron chi connectivity index (χ3n) is 5.91. The summed E-state index contributed by atoms with van der Waals surface area (Å²) in [7, 11) is 0. The number of hydrogen-bond donors (Lipinski definition) is 2. The quantitative estimate of drug-likeness (QED) is 0.345. The van der Waals surface area contributed by atoms with Crippen molar-refractivity contribution in [2.45, 2.75) is 50.5 Å². The van der Waals surface area contributed by atoms with Crippen molar-refractivity contribution in [3.8, 4) is 0 Å². The van der Waals surface area contributed by atoms with Gasteiger partial charge in [0.1, 0.15) is 5.82 Å². The molecule has 0 saturated carbocycles. The molecule has 0 aromatic heterocycles. The number of nitrogens with one attached hydrogen (secondary N) is 2. The third-order valence-corrected chi connectivity index (χ3v) is 5.91. The number of ether oxygens (including phenoxy) is 2. The van der Waals surface area contributed by atoms with Gasteiger partial charge in [0.2, 0.25) is 0 Å². The molecule has 3 fully saturated rings. The molecule has 0 aliphatic carbocycles. The van der Waals surface area contributed by atoms with Crippen molar-refractivity contribution in [1.29, 1.82) is 0 Å². The van der Waals surface area contributed by atoms with E-state index in [2.05, 4.69) is 22.5 Å². The number of nitrogens with zero attached hydrogens (tertiary/aromatic N) is 2. The van der Waals surface area contributed by atoms with Crippen molar-refractivity contribution in [1.82, 2.24) is 15.5 Å². The summed E-state index contributed by atoms with van der Waals surface area (Å²) < 4.78 is 25.3. The maximum Gasteiger partial charge on any atom is 0.191 e. The molecule has 4 atom stereocenters. The van der Waals surface area contributed by atoms with Crippen LogP contribution < -0.4 is 10.6 Å². The number of guanidine groups is 1. The summed E-state index contributed by atoms with van der Waals surface area (Å²) in [5.41, 5.74) is 0.963. The summed E-state index contributed by atoms with van der Waals surface area (Å²) in [5.74, 6) is 0.613. The molecule has 4 rings (SSSR count). The van der Waals surface area contributed by atoms with Crippen LogP contribution in [0.4, 0.5) is 4.39 Å². The molecule has 0 radical (unpaired) electrons. The Bertz CT molecular complexity index is 686. The van der Waals surface area contributed by atoms with Crippen LogP contribution >= 0.6 is 24.0 Å². The van der Waals surface area contributed by atoms with Gasteiger partial charge in [0.05, 0.1) is 44.1 Å². The zero-order valence-corrected chi connectivity index (χ0v) is 19.3. The molecule has 0 amide bonds. The molecular formula is C21H32FIN4O2. The normalized spacial score (nSPS) is 28.1. The molecule has 8 heteroatoms. The van der Waals surface area contributed by atoms with Gasteiger partial charge in [0.15, 0.2) is 5.96 Å². The van der Waals surface area contributed by atoms with Crippen LogP contribution in [0.3, 0.4) is 0 Å². The number of halogens is 2. The SMILES string of the molecule is CCNC(=NCC(c1cccc(F)c1)N1CCOCC1)NC1CC2CCC1O2.I. The van der Waals surface area contributed by atoms with Gasteiger partial charge in [-0.05, 0) is 43.9 Å². The minimum absolute atomic E-state index is 0. The van der Waals surface area contributed by atoms with Crippen LogP contribution in [0.15, 0.2) is 29.3 Å². The van der Waals surface area contributed by atoms with Gasteiger partial charge in [0.25, 0.3) is 0 Å². The first-order valence-corrected chi connectivity index (χ1v) is 10.5. The van der Waals surface area contributed by atoms with E-state index in [0.29, 0.717) is 38.0 Å². The molecule has 1 aromatic carbocycles. The maximum absolute atomic E-state index is 13.9. The number of fused-ring (bicyclic) bond motifs is 2. The van der Waals surface area contributed by atoms with Gasteiger partial charge in [-0.15, -0.1) is 24.0 Å². The molecule has 3 aliphatic rings. The van der Waals surface area contributed by atoms with E-state index in [9.17, 15) is 4.39 Å². The lowest BCUT2D eigenvalue weighted by atomic mass is 9.96. The molecule has 29 heavy (non-hydrogen) atoms. The Morgan fingerprint density at radius 3 is 2.79 bits per heavy atom. The topological polar surface area (TPSA) is 58.1 Å². The van der Waals surface area contributed by atoms with Crippen LogP contribution in [0.1, 0.15) is 37.8 Å². The van der Waals surface area contributed by atoms with Crippen molar-refractivity contribution in [3.63, 3.8) is 0 Å². The van der Waals surface area contributed by atoms with E-state index >= 15 is 0 Å². The average molecular weight is 518 g/mol. The van der Waals surface area contributed by atoms with E-state index < -0.39 is 0 Å². The highest BCUT2D eigenvalue weighted by Gasteiger charge is 2.41. The van der Waals surface area contributed by atoms with E-state index in [4.69, 9.17) is 14.5 Å². The van der Waals surface area contributed by atoms with Crippen LogP contribution in [0.5, 0.6) is 0 Å². The molecule has 2 bridgehead atoms. The summed E-state index contributed by atoms with van der Waals surface area (Å²) in [5, 5.41) is 6.92. The first kappa shape index (κ1) is 22.7. The highest BCUT2D eigenvalue weighted by Crippen LogP contribution is 2.34. The molecule has 3 aliphatic heterocycles. The lowest BCUT2D eigenvalue weighted by molar-refractivity contribution is 0.0179. The lowest BCUT2D eigenvalue weighted by Gasteiger charge is -2.34. The molecule has 3 saturated heterocycles. The summed E-state index contributed by atoms with van der Waals surface area (Å²) in [6.45, 7) is 6.52. The monoisotopic (exact) mass is 518 g/mol. The lowest BCUT2D eigenvalue weighted by Crippen LogP contribution is -2.48. The minimum atomic E-state index is -0.205. The Morgan fingerprint density at radius 1 is 1.31 bits per heavy atom. The van der Waals surface area contributed by atoms with Crippen LogP contribution in [-0.2, 0) is 9.47 Å². The third kappa shape index (κ3) is 5.80. The Balaban J connectivity index is 0.00000240. The maximum atomic E-state index is 13.9. The highest BCUT2D eigenvalue weighted by molar-refractivity contribution is 14.0. The van der Waals surface area contributed by atoms with E-state index in [-0.39, 0.29) is 35.8 Å². The molecule has 6 nitrogen and oxygen atoms in total. The fourth-order valence-electron chi connectivity index (χ4n) is 4.50. The molecule has 0 spiro atoms. The van der Waals surface area contributed by atoms with Crippen LogP contribution in [-0.4, -0.2) is 68.5 Å². The van der Waals surface area contributed by atoms with Gasteiger partial charge in [0, 0.05) is 19.6 Å². The molecule has 3 heterocycles. The van der Waals surface area contributed by atoms with Gasteiger partial charge in [-0.25, -0.2) is 4.39 Å². The van der Waals surface area contributed by atoms with Gasteiger partial charge in [-0.2, -0.15) is 0 Å².